The predicted molar refractivity (Wildman–Crippen MR) is 74.7 cm³/mol. The predicted octanol–water partition coefficient (Wildman–Crippen LogP) is 0.0801. The summed E-state index contributed by atoms with van der Waals surface area (Å²) >= 11 is 0. The number of carboxylic acid groups (broad SMARTS) is 1. The maximum atomic E-state index is 12.3. The van der Waals surface area contributed by atoms with E-state index in [0.717, 1.165) is 10.6 Å². The SMILES string of the molecule is CCCC1(C(=O)O)CCCN1S(=O)(=O)CCS(C)(=O)=O. The first kappa shape index (κ1) is 17.4. The summed E-state index contributed by atoms with van der Waals surface area (Å²) in [5, 5.41) is 9.43. The summed E-state index contributed by atoms with van der Waals surface area (Å²) in [7, 11) is -7.30. The molecule has 7 nitrogen and oxygen atoms in total. The van der Waals surface area contributed by atoms with Gasteiger partial charge >= 0.3 is 5.97 Å². The average Bonchev–Trinajstić information content (AvgIpc) is 2.72. The molecule has 1 fully saturated rings. The van der Waals surface area contributed by atoms with Crippen LogP contribution < -0.4 is 0 Å². The van der Waals surface area contributed by atoms with Gasteiger partial charge in [-0.3, -0.25) is 4.79 Å². The number of carboxylic acids is 1. The van der Waals surface area contributed by atoms with Crippen molar-refractivity contribution in [1.29, 1.82) is 0 Å². The molecule has 1 aliphatic rings. The first-order valence-corrected chi connectivity index (χ1v) is 10.1. The van der Waals surface area contributed by atoms with Crippen molar-refractivity contribution in [1.82, 2.24) is 4.31 Å². The Morgan fingerprint density at radius 3 is 2.30 bits per heavy atom. The lowest BCUT2D eigenvalue weighted by atomic mass is 9.92. The molecule has 1 N–H and O–H groups in total. The van der Waals surface area contributed by atoms with Gasteiger partial charge in [0, 0.05) is 12.8 Å². The van der Waals surface area contributed by atoms with Crippen molar-refractivity contribution in [2.24, 2.45) is 0 Å². The minimum atomic E-state index is -3.89. The van der Waals surface area contributed by atoms with Crippen LogP contribution in [0, 0.1) is 0 Å². The van der Waals surface area contributed by atoms with E-state index in [2.05, 4.69) is 0 Å². The minimum Gasteiger partial charge on any atom is -0.480 e. The van der Waals surface area contributed by atoms with Gasteiger partial charge in [-0.1, -0.05) is 13.3 Å². The summed E-state index contributed by atoms with van der Waals surface area (Å²) in [5.74, 6) is -2.21. The smallest absolute Gasteiger partial charge is 0.325 e. The summed E-state index contributed by atoms with van der Waals surface area (Å²) in [6, 6.07) is 0. The molecule has 0 saturated carbocycles. The molecule has 1 rings (SSSR count). The molecule has 0 bridgehead atoms. The van der Waals surface area contributed by atoms with Gasteiger partial charge in [0.1, 0.15) is 15.4 Å². The van der Waals surface area contributed by atoms with Crippen molar-refractivity contribution in [2.45, 2.75) is 38.1 Å². The van der Waals surface area contributed by atoms with Crippen molar-refractivity contribution in [3.8, 4) is 0 Å². The number of hydrogen-bond acceptors (Lipinski definition) is 5. The van der Waals surface area contributed by atoms with Gasteiger partial charge in [-0.05, 0) is 19.3 Å². The van der Waals surface area contributed by atoms with Crippen LogP contribution in [0.25, 0.3) is 0 Å². The van der Waals surface area contributed by atoms with E-state index in [9.17, 15) is 26.7 Å². The molecule has 0 spiro atoms. The largest absolute Gasteiger partial charge is 0.480 e. The van der Waals surface area contributed by atoms with E-state index in [4.69, 9.17) is 0 Å². The highest BCUT2D eigenvalue weighted by molar-refractivity contribution is 7.93. The zero-order valence-electron chi connectivity index (χ0n) is 11.7. The van der Waals surface area contributed by atoms with E-state index in [1.165, 1.54) is 0 Å². The maximum absolute atomic E-state index is 12.3. The fraction of sp³-hybridized carbons (Fsp3) is 0.909. The van der Waals surface area contributed by atoms with Gasteiger partial charge in [-0.25, -0.2) is 16.8 Å². The van der Waals surface area contributed by atoms with Crippen LogP contribution in [-0.4, -0.2) is 62.1 Å². The number of carbonyl (C=O) groups is 1. The summed E-state index contributed by atoms with van der Waals surface area (Å²) in [6.07, 6.45) is 2.49. The lowest BCUT2D eigenvalue weighted by Crippen LogP contribution is -2.53. The molecule has 0 amide bonds. The van der Waals surface area contributed by atoms with E-state index in [-0.39, 0.29) is 19.4 Å². The van der Waals surface area contributed by atoms with Gasteiger partial charge in [0.05, 0.1) is 11.5 Å². The molecule has 20 heavy (non-hydrogen) atoms. The van der Waals surface area contributed by atoms with Gasteiger partial charge in [0.25, 0.3) is 0 Å². The second kappa shape index (κ2) is 5.98. The standard InChI is InChI=1S/C11H21NO6S2/c1-3-5-11(10(13)14)6-4-7-12(11)20(17,18)9-8-19(2,15)16/h3-9H2,1-2H3,(H,13,14). The number of sulfonamides is 1. The van der Waals surface area contributed by atoms with Crippen LogP contribution in [0.3, 0.4) is 0 Å². The van der Waals surface area contributed by atoms with Crippen molar-refractivity contribution >= 4 is 25.8 Å². The zero-order chi connectivity index (χ0) is 15.6. The van der Waals surface area contributed by atoms with E-state index in [0.29, 0.717) is 12.8 Å². The van der Waals surface area contributed by atoms with E-state index in [1.54, 1.807) is 6.92 Å². The molecule has 0 radical (unpaired) electrons. The van der Waals surface area contributed by atoms with Crippen molar-refractivity contribution in [3.05, 3.63) is 0 Å². The Morgan fingerprint density at radius 1 is 1.25 bits per heavy atom. The third kappa shape index (κ3) is 3.70. The van der Waals surface area contributed by atoms with Crippen LogP contribution in [0.1, 0.15) is 32.6 Å². The number of aliphatic carboxylic acids is 1. The molecule has 1 atom stereocenters. The first-order valence-electron chi connectivity index (χ1n) is 6.47. The van der Waals surface area contributed by atoms with Crippen LogP contribution in [0.2, 0.25) is 0 Å². The molecular formula is C11H21NO6S2. The highest BCUT2D eigenvalue weighted by atomic mass is 32.2. The average molecular weight is 327 g/mol. The summed E-state index contributed by atoms with van der Waals surface area (Å²) in [6.45, 7) is 1.93. The number of sulfone groups is 1. The molecular weight excluding hydrogens is 306 g/mol. The van der Waals surface area contributed by atoms with Gasteiger partial charge in [-0.15, -0.1) is 0 Å². The fourth-order valence-corrected chi connectivity index (χ4v) is 6.08. The van der Waals surface area contributed by atoms with Gasteiger partial charge < -0.3 is 5.11 Å². The Hall–Kier alpha value is -0.670. The Bertz CT molecular complexity index is 568. The molecule has 0 aromatic carbocycles. The van der Waals surface area contributed by atoms with Crippen molar-refractivity contribution < 1.29 is 26.7 Å². The van der Waals surface area contributed by atoms with Crippen LogP contribution in [0.15, 0.2) is 0 Å². The van der Waals surface area contributed by atoms with Crippen molar-refractivity contribution in [3.63, 3.8) is 0 Å². The third-order valence-corrected chi connectivity index (χ3v) is 6.67. The van der Waals surface area contributed by atoms with Crippen LogP contribution in [0.5, 0.6) is 0 Å². The molecule has 0 aliphatic carbocycles. The topological polar surface area (TPSA) is 109 Å². The summed E-state index contributed by atoms with van der Waals surface area (Å²) < 4.78 is 47.8. The highest BCUT2D eigenvalue weighted by Crippen LogP contribution is 2.36. The van der Waals surface area contributed by atoms with Crippen LogP contribution in [0.4, 0.5) is 0 Å². The lowest BCUT2D eigenvalue weighted by molar-refractivity contribution is -0.147. The molecule has 118 valence electrons. The maximum Gasteiger partial charge on any atom is 0.325 e. The molecule has 1 heterocycles. The monoisotopic (exact) mass is 327 g/mol. The van der Waals surface area contributed by atoms with Gasteiger partial charge in [-0.2, -0.15) is 4.31 Å². The van der Waals surface area contributed by atoms with Crippen molar-refractivity contribution in [2.75, 3.05) is 24.3 Å². The van der Waals surface area contributed by atoms with Gasteiger partial charge in [0.2, 0.25) is 10.0 Å². The highest BCUT2D eigenvalue weighted by Gasteiger charge is 2.52. The Morgan fingerprint density at radius 2 is 1.85 bits per heavy atom. The Kier molecular flexibility index (Phi) is 5.20. The number of hydrogen-bond donors (Lipinski definition) is 1. The molecule has 9 heteroatoms. The molecule has 0 aromatic heterocycles. The lowest BCUT2D eigenvalue weighted by Gasteiger charge is -2.33. The zero-order valence-corrected chi connectivity index (χ0v) is 13.3. The number of rotatable bonds is 7. The van der Waals surface area contributed by atoms with Gasteiger partial charge in [0.15, 0.2) is 0 Å². The molecule has 1 aliphatic heterocycles. The molecule has 1 saturated heterocycles. The fourth-order valence-electron chi connectivity index (χ4n) is 2.61. The minimum absolute atomic E-state index is 0.137. The first-order chi connectivity index (χ1) is 9.05. The Labute approximate surface area is 119 Å². The normalized spacial score (nSPS) is 24.9. The van der Waals surface area contributed by atoms with E-state index < -0.39 is 42.9 Å². The van der Waals surface area contributed by atoms with E-state index >= 15 is 0 Å². The molecule has 1 unspecified atom stereocenters. The van der Waals surface area contributed by atoms with Crippen LogP contribution >= 0.6 is 0 Å². The van der Waals surface area contributed by atoms with E-state index in [1.807, 2.05) is 0 Å². The summed E-state index contributed by atoms with van der Waals surface area (Å²) in [4.78, 5) is 11.5. The second-order valence-corrected chi connectivity index (χ2v) is 9.48. The Balaban J connectivity index is 3.06. The third-order valence-electron chi connectivity index (χ3n) is 3.54. The number of nitrogens with zero attached hydrogens (tertiary/aromatic N) is 1. The quantitative estimate of drug-likeness (QED) is 0.709. The molecule has 0 aromatic rings. The summed E-state index contributed by atoms with van der Waals surface area (Å²) in [5.41, 5.74) is -1.41. The second-order valence-electron chi connectivity index (χ2n) is 5.21. The van der Waals surface area contributed by atoms with Crippen LogP contribution in [-0.2, 0) is 24.7 Å².